The Bertz CT molecular complexity index is 686. The second kappa shape index (κ2) is 5.58. The average Bonchev–Trinajstić information content (AvgIpc) is 2.41. The molecule has 2 rings (SSSR count). The van der Waals surface area contributed by atoms with E-state index in [9.17, 15) is 20.0 Å². The van der Waals surface area contributed by atoms with Crippen LogP contribution in [0.3, 0.4) is 0 Å². The summed E-state index contributed by atoms with van der Waals surface area (Å²) in [5.41, 5.74) is -0.198. The maximum absolute atomic E-state index is 10.9. The Labute approximate surface area is 118 Å². The number of phenolic OH excluding ortho intramolecular Hbond substituents is 1. The third kappa shape index (κ3) is 2.70. The average molecular weight is 294 g/mol. The van der Waals surface area contributed by atoms with Crippen molar-refractivity contribution >= 4 is 23.6 Å². The smallest absolute Gasteiger partial charge is 0.271 e. The number of rotatable bonds is 4. The molecule has 0 aliphatic heterocycles. The number of hydrogen-bond acceptors (Lipinski definition) is 5. The molecular weight excluding hydrogens is 286 g/mol. The van der Waals surface area contributed by atoms with Crippen LogP contribution in [-0.4, -0.2) is 16.3 Å². The molecule has 0 unspecified atom stereocenters. The van der Waals surface area contributed by atoms with E-state index in [1.807, 2.05) is 0 Å². The van der Waals surface area contributed by atoms with E-state index in [1.54, 1.807) is 0 Å². The summed E-state index contributed by atoms with van der Waals surface area (Å²) < 4.78 is 5.40. The zero-order chi connectivity index (χ0) is 14.7. The van der Waals surface area contributed by atoms with Gasteiger partial charge in [-0.25, -0.2) is 0 Å². The second-order valence-corrected chi connectivity index (χ2v) is 4.19. The number of nitro benzene ring substituents is 1. The van der Waals surface area contributed by atoms with E-state index < -0.39 is 4.92 Å². The zero-order valence-electron chi connectivity index (χ0n) is 9.95. The fourth-order valence-electron chi connectivity index (χ4n) is 1.54. The van der Waals surface area contributed by atoms with Crippen LogP contribution in [0.1, 0.15) is 10.4 Å². The summed E-state index contributed by atoms with van der Waals surface area (Å²) >= 11 is 5.88. The SMILES string of the molecule is O=Cc1c(O)cccc1Oc1ccc([N+](=O)[O-])cc1Cl. The number of nitro groups is 1. The molecule has 2 aromatic carbocycles. The summed E-state index contributed by atoms with van der Waals surface area (Å²) in [7, 11) is 0. The highest BCUT2D eigenvalue weighted by Crippen LogP contribution is 2.35. The van der Waals surface area contributed by atoms with Crippen LogP contribution >= 0.6 is 11.6 Å². The minimum Gasteiger partial charge on any atom is -0.507 e. The summed E-state index contributed by atoms with van der Waals surface area (Å²) in [4.78, 5) is 20.9. The van der Waals surface area contributed by atoms with Gasteiger partial charge in [0.15, 0.2) is 6.29 Å². The summed E-state index contributed by atoms with van der Waals surface area (Å²) in [6.07, 6.45) is 0.448. The van der Waals surface area contributed by atoms with Gasteiger partial charge in [-0.3, -0.25) is 14.9 Å². The van der Waals surface area contributed by atoms with Crippen molar-refractivity contribution in [1.82, 2.24) is 0 Å². The molecule has 0 aliphatic carbocycles. The van der Waals surface area contributed by atoms with E-state index in [0.717, 1.165) is 6.07 Å². The standard InChI is InChI=1S/C13H8ClNO5/c14-10-6-8(15(18)19)4-5-13(10)20-12-3-1-2-11(17)9(12)7-16/h1-7,17H. The number of aldehydes is 1. The van der Waals surface area contributed by atoms with E-state index in [0.29, 0.717) is 6.29 Å². The van der Waals surface area contributed by atoms with Crippen molar-refractivity contribution in [3.8, 4) is 17.2 Å². The molecule has 2 aromatic rings. The molecule has 0 saturated heterocycles. The maximum Gasteiger partial charge on any atom is 0.271 e. The van der Waals surface area contributed by atoms with Gasteiger partial charge in [0.2, 0.25) is 0 Å². The minimum atomic E-state index is -0.582. The summed E-state index contributed by atoms with van der Waals surface area (Å²) in [6.45, 7) is 0. The second-order valence-electron chi connectivity index (χ2n) is 3.78. The number of non-ortho nitro benzene ring substituents is 1. The van der Waals surface area contributed by atoms with Gasteiger partial charge in [-0.05, 0) is 18.2 Å². The van der Waals surface area contributed by atoms with Crippen molar-refractivity contribution in [2.45, 2.75) is 0 Å². The van der Waals surface area contributed by atoms with Gasteiger partial charge in [0.1, 0.15) is 17.2 Å². The normalized spacial score (nSPS) is 10.1. The number of nitrogens with zero attached hydrogens (tertiary/aromatic N) is 1. The Balaban J connectivity index is 2.38. The van der Waals surface area contributed by atoms with Crippen LogP contribution < -0.4 is 4.74 Å². The van der Waals surface area contributed by atoms with Gasteiger partial charge in [0, 0.05) is 12.1 Å². The quantitative estimate of drug-likeness (QED) is 0.529. The highest BCUT2D eigenvalue weighted by molar-refractivity contribution is 6.32. The lowest BCUT2D eigenvalue weighted by molar-refractivity contribution is -0.384. The molecule has 0 aliphatic rings. The lowest BCUT2D eigenvalue weighted by Gasteiger charge is -2.10. The van der Waals surface area contributed by atoms with E-state index >= 15 is 0 Å². The molecule has 0 aromatic heterocycles. The Morgan fingerprint density at radius 3 is 2.60 bits per heavy atom. The molecule has 6 nitrogen and oxygen atoms in total. The molecule has 102 valence electrons. The van der Waals surface area contributed by atoms with Gasteiger partial charge in [0.25, 0.3) is 5.69 Å². The third-order valence-corrected chi connectivity index (χ3v) is 2.80. The molecule has 0 radical (unpaired) electrons. The molecular formula is C13H8ClNO5. The first-order valence-electron chi connectivity index (χ1n) is 5.42. The topological polar surface area (TPSA) is 89.7 Å². The van der Waals surface area contributed by atoms with E-state index in [2.05, 4.69) is 0 Å². The molecule has 0 atom stereocenters. The number of halogens is 1. The molecule has 0 bridgehead atoms. The van der Waals surface area contributed by atoms with Gasteiger partial charge in [-0.15, -0.1) is 0 Å². The predicted octanol–water partition coefficient (Wildman–Crippen LogP) is 3.56. The number of carbonyl (C=O) groups excluding carboxylic acids is 1. The van der Waals surface area contributed by atoms with Gasteiger partial charge >= 0.3 is 0 Å². The Hall–Kier alpha value is -2.60. The fourth-order valence-corrected chi connectivity index (χ4v) is 1.76. The van der Waals surface area contributed by atoms with Gasteiger partial charge < -0.3 is 9.84 Å². The van der Waals surface area contributed by atoms with Gasteiger partial charge in [0.05, 0.1) is 15.5 Å². The van der Waals surface area contributed by atoms with Crippen molar-refractivity contribution in [2.24, 2.45) is 0 Å². The van der Waals surface area contributed by atoms with Gasteiger partial charge in [-0.1, -0.05) is 17.7 Å². The molecule has 0 fully saturated rings. The van der Waals surface area contributed by atoms with Crippen molar-refractivity contribution in [3.63, 3.8) is 0 Å². The monoisotopic (exact) mass is 293 g/mol. The van der Waals surface area contributed by atoms with Crippen LogP contribution in [-0.2, 0) is 0 Å². The molecule has 0 amide bonds. The van der Waals surface area contributed by atoms with Crippen molar-refractivity contribution in [2.75, 3.05) is 0 Å². The maximum atomic E-state index is 10.9. The van der Waals surface area contributed by atoms with Crippen molar-refractivity contribution < 1.29 is 19.6 Å². The highest BCUT2D eigenvalue weighted by atomic mass is 35.5. The predicted molar refractivity (Wildman–Crippen MR) is 71.7 cm³/mol. The van der Waals surface area contributed by atoms with Gasteiger partial charge in [-0.2, -0.15) is 0 Å². The fraction of sp³-hybridized carbons (Fsp3) is 0. The number of aromatic hydroxyl groups is 1. The van der Waals surface area contributed by atoms with Crippen LogP contribution in [0.25, 0.3) is 0 Å². The molecule has 0 saturated carbocycles. The lowest BCUT2D eigenvalue weighted by Crippen LogP contribution is -1.93. The highest BCUT2D eigenvalue weighted by Gasteiger charge is 2.14. The summed E-state index contributed by atoms with van der Waals surface area (Å²) in [5, 5.41) is 20.1. The van der Waals surface area contributed by atoms with E-state index in [4.69, 9.17) is 16.3 Å². The van der Waals surface area contributed by atoms with Crippen molar-refractivity contribution in [1.29, 1.82) is 0 Å². The number of hydrogen-bond donors (Lipinski definition) is 1. The first kappa shape index (κ1) is 13.8. The van der Waals surface area contributed by atoms with Crippen LogP contribution in [0.15, 0.2) is 36.4 Å². The Morgan fingerprint density at radius 1 is 1.25 bits per heavy atom. The van der Waals surface area contributed by atoms with E-state index in [-0.39, 0.29) is 33.5 Å². The molecule has 0 heterocycles. The number of phenols is 1. The van der Waals surface area contributed by atoms with Crippen LogP contribution in [0.4, 0.5) is 5.69 Å². The van der Waals surface area contributed by atoms with Crippen LogP contribution in [0.5, 0.6) is 17.2 Å². The first-order chi connectivity index (χ1) is 9.52. The molecule has 0 spiro atoms. The number of benzene rings is 2. The number of ether oxygens (including phenoxy) is 1. The largest absolute Gasteiger partial charge is 0.507 e. The van der Waals surface area contributed by atoms with Crippen LogP contribution in [0, 0.1) is 10.1 Å². The first-order valence-corrected chi connectivity index (χ1v) is 5.79. The number of carbonyl (C=O) groups is 1. The summed E-state index contributed by atoms with van der Waals surface area (Å²) in [6, 6.07) is 8.00. The molecule has 20 heavy (non-hydrogen) atoms. The summed E-state index contributed by atoms with van der Waals surface area (Å²) in [5.74, 6) is 0.0252. The van der Waals surface area contributed by atoms with E-state index in [1.165, 1.54) is 30.3 Å². The molecule has 7 heteroatoms. The zero-order valence-corrected chi connectivity index (χ0v) is 10.7. The third-order valence-electron chi connectivity index (χ3n) is 2.51. The lowest BCUT2D eigenvalue weighted by atomic mass is 10.2. The Morgan fingerprint density at radius 2 is 2.00 bits per heavy atom. The van der Waals surface area contributed by atoms with Crippen LogP contribution in [0.2, 0.25) is 5.02 Å². The Kier molecular flexibility index (Phi) is 3.86. The molecule has 1 N–H and O–H groups in total. The minimum absolute atomic E-state index is 0.0260. The van der Waals surface area contributed by atoms with Crippen molar-refractivity contribution in [3.05, 3.63) is 57.1 Å².